The number of aromatic amines is 1. The summed E-state index contributed by atoms with van der Waals surface area (Å²) in [6.45, 7) is 6.55. The number of fused-ring (bicyclic) bond motifs is 1. The number of nitrogens with one attached hydrogen (secondary N) is 2. The van der Waals surface area contributed by atoms with Gasteiger partial charge in [-0.2, -0.15) is 5.10 Å². The highest BCUT2D eigenvalue weighted by atomic mass is 16.3. The molecule has 164 valence electrons. The lowest BCUT2D eigenvalue weighted by molar-refractivity contribution is -0.119. The third kappa shape index (κ3) is 3.93. The Balaban J connectivity index is 1.40. The predicted molar refractivity (Wildman–Crippen MR) is 126 cm³/mol. The molecule has 2 N–H and O–H groups in total. The fourth-order valence-corrected chi connectivity index (χ4v) is 4.33. The van der Waals surface area contributed by atoms with Gasteiger partial charge in [-0.15, -0.1) is 0 Å². The van der Waals surface area contributed by atoms with Gasteiger partial charge in [0.25, 0.3) is 0 Å². The smallest absolute Gasteiger partial charge is 0.231 e. The van der Waals surface area contributed by atoms with Gasteiger partial charge >= 0.3 is 0 Å². The topological polar surface area (TPSA) is 83.8 Å². The number of carbonyl (C=O) groups is 1. The van der Waals surface area contributed by atoms with Crippen LogP contribution in [0.5, 0.6) is 0 Å². The number of amides is 1. The van der Waals surface area contributed by atoms with Crippen molar-refractivity contribution in [2.45, 2.75) is 51.9 Å². The van der Waals surface area contributed by atoms with Crippen molar-refractivity contribution >= 4 is 22.7 Å². The van der Waals surface area contributed by atoms with Crippen molar-refractivity contribution < 1.29 is 9.21 Å². The highest BCUT2D eigenvalue weighted by molar-refractivity contribution is 5.93. The summed E-state index contributed by atoms with van der Waals surface area (Å²) >= 11 is 0. The van der Waals surface area contributed by atoms with Crippen molar-refractivity contribution in [1.29, 1.82) is 0 Å². The zero-order valence-corrected chi connectivity index (χ0v) is 18.7. The van der Waals surface area contributed by atoms with Gasteiger partial charge in [0.1, 0.15) is 11.2 Å². The lowest BCUT2D eigenvalue weighted by Gasteiger charge is -2.18. The van der Waals surface area contributed by atoms with Gasteiger partial charge in [0.2, 0.25) is 11.8 Å². The van der Waals surface area contributed by atoms with Crippen LogP contribution in [0.3, 0.4) is 0 Å². The van der Waals surface area contributed by atoms with E-state index < -0.39 is 0 Å². The molecule has 5 rings (SSSR count). The first-order chi connectivity index (χ1) is 15.4. The molecular weight excluding hydrogens is 400 g/mol. The van der Waals surface area contributed by atoms with E-state index in [1.54, 1.807) is 6.20 Å². The largest absolute Gasteiger partial charge is 0.436 e. The van der Waals surface area contributed by atoms with Gasteiger partial charge in [-0.05, 0) is 48.1 Å². The Labute approximate surface area is 187 Å². The fourth-order valence-electron chi connectivity index (χ4n) is 4.33. The Kier molecular flexibility index (Phi) is 5.08. The van der Waals surface area contributed by atoms with Crippen LogP contribution in [0, 0.1) is 5.92 Å². The number of rotatable bonds is 4. The highest BCUT2D eigenvalue weighted by Gasteiger charge is 2.23. The third-order valence-corrected chi connectivity index (χ3v) is 6.28. The molecule has 1 saturated carbocycles. The van der Waals surface area contributed by atoms with Crippen molar-refractivity contribution in [2.75, 3.05) is 5.32 Å². The first-order valence-electron chi connectivity index (χ1n) is 11.2. The Bertz CT molecular complexity index is 1260. The normalized spacial score (nSPS) is 14.8. The molecule has 6 heteroatoms. The maximum Gasteiger partial charge on any atom is 0.231 e. The lowest BCUT2D eigenvalue weighted by Crippen LogP contribution is -2.20. The molecule has 0 radical (unpaired) electrons. The van der Waals surface area contributed by atoms with Crippen LogP contribution in [0.2, 0.25) is 0 Å². The van der Waals surface area contributed by atoms with Crippen LogP contribution in [-0.4, -0.2) is 21.1 Å². The second-order valence-corrected chi connectivity index (χ2v) is 9.65. The molecule has 4 aromatic rings. The number of nitrogens with zero attached hydrogens (tertiary/aromatic N) is 2. The van der Waals surface area contributed by atoms with Crippen LogP contribution in [-0.2, 0) is 10.2 Å². The first kappa shape index (κ1) is 20.5. The second kappa shape index (κ2) is 7.93. The van der Waals surface area contributed by atoms with Crippen molar-refractivity contribution in [2.24, 2.45) is 5.92 Å². The van der Waals surface area contributed by atoms with Gasteiger partial charge in [0, 0.05) is 23.4 Å². The van der Waals surface area contributed by atoms with E-state index in [0.29, 0.717) is 5.89 Å². The number of anilines is 1. The molecule has 0 aliphatic heterocycles. The van der Waals surface area contributed by atoms with Gasteiger partial charge in [-0.1, -0.05) is 51.8 Å². The fraction of sp³-hybridized carbons (Fsp3) is 0.346. The van der Waals surface area contributed by atoms with Crippen LogP contribution in [0.15, 0.2) is 53.1 Å². The molecule has 0 unspecified atom stereocenters. The van der Waals surface area contributed by atoms with Crippen LogP contribution in [0.25, 0.3) is 33.8 Å². The van der Waals surface area contributed by atoms with Gasteiger partial charge in [-0.25, -0.2) is 4.98 Å². The molecular formula is C26H28N4O2. The summed E-state index contributed by atoms with van der Waals surface area (Å²) in [6.07, 6.45) is 6.07. The number of aromatic nitrogens is 3. The van der Waals surface area contributed by atoms with E-state index in [1.165, 1.54) is 5.56 Å². The zero-order valence-electron chi connectivity index (χ0n) is 18.7. The van der Waals surface area contributed by atoms with Gasteiger partial charge in [0.15, 0.2) is 5.58 Å². The number of benzene rings is 2. The van der Waals surface area contributed by atoms with E-state index in [1.807, 2.05) is 30.3 Å². The minimum absolute atomic E-state index is 0.0447. The summed E-state index contributed by atoms with van der Waals surface area (Å²) in [4.78, 5) is 17.1. The van der Waals surface area contributed by atoms with Gasteiger partial charge < -0.3 is 9.73 Å². The Morgan fingerprint density at radius 2 is 1.84 bits per heavy atom. The molecule has 1 aliphatic carbocycles. The summed E-state index contributed by atoms with van der Waals surface area (Å²) in [7, 11) is 0. The number of oxazole rings is 1. The molecule has 2 heterocycles. The molecule has 2 aromatic carbocycles. The first-order valence-corrected chi connectivity index (χ1v) is 11.2. The third-order valence-electron chi connectivity index (χ3n) is 6.28. The maximum absolute atomic E-state index is 12.4. The van der Waals surface area contributed by atoms with E-state index in [4.69, 9.17) is 9.40 Å². The Morgan fingerprint density at radius 1 is 1.09 bits per heavy atom. The molecule has 2 aromatic heterocycles. The number of carbonyl (C=O) groups excluding carboxylic acids is 1. The zero-order chi connectivity index (χ0) is 22.3. The van der Waals surface area contributed by atoms with E-state index in [-0.39, 0.29) is 17.2 Å². The average Bonchev–Trinajstić information content (AvgIpc) is 3.53. The average molecular weight is 429 g/mol. The van der Waals surface area contributed by atoms with Crippen molar-refractivity contribution in [3.8, 4) is 22.7 Å². The lowest BCUT2D eigenvalue weighted by atomic mass is 9.87. The molecule has 1 aliphatic rings. The van der Waals surface area contributed by atoms with E-state index >= 15 is 0 Å². The molecule has 1 fully saturated rings. The molecule has 1 amide bonds. The molecule has 0 bridgehead atoms. The van der Waals surface area contributed by atoms with E-state index in [9.17, 15) is 4.79 Å². The molecule has 0 saturated heterocycles. The minimum Gasteiger partial charge on any atom is -0.436 e. The van der Waals surface area contributed by atoms with Gasteiger partial charge in [-0.3, -0.25) is 9.89 Å². The summed E-state index contributed by atoms with van der Waals surface area (Å²) < 4.78 is 6.05. The molecule has 0 spiro atoms. The highest BCUT2D eigenvalue weighted by Crippen LogP contribution is 2.34. The number of H-pyrrole nitrogens is 1. The second-order valence-electron chi connectivity index (χ2n) is 9.65. The van der Waals surface area contributed by atoms with Crippen molar-refractivity contribution in [3.05, 3.63) is 54.2 Å². The quantitative estimate of drug-likeness (QED) is 0.399. The Hall–Kier alpha value is -3.41. The summed E-state index contributed by atoms with van der Waals surface area (Å²) in [5.74, 6) is 0.802. The SMILES string of the molecule is CC(C)(C)c1ccc2oc(-c3c[nH]nc3-c3ccc(NC(=O)C4CCCC4)cc3)nc2c1. The number of hydrogen-bond donors (Lipinski definition) is 2. The molecule has 32 heavy (non-hydrogen) atoms. The van der Waals surface area contributed by atoms with Crippen molar-refractivity contribution in [3.63, 3.8) is 0 Å². The molecule has 0 atom stereocenters. The maximum atomic E-state index is 12.4. The predicted octanol–water partition coefficient (Wildman–Crippen LogP) is 6.31. The van der Waals surface area contributed by atoms with Crippen LogP contribution >= 0.6 is 0 Å². The monoisotopic (exact) mass is 428 g/mol. The summed E-state index contributed by atoms with van der Waals surface area (Å²) in [5.41, 5.74) is 6.16. The van der Waals surface area contributed by atoms with Crippen LogP contribution in [0.1, 0.15) is 52.0 Å². The Morgan fingerprint density at radius 3 is 2.56 bits per heavy atom. The van der Waals surface area contributed by atoms with Crippen LogP contribution in [0.4, 0.5) is 5.69 Å². The summed E-state index contributed by atoms with van der Waals surface area (Å²) in [6, 6.07) is 13.9. The van der Waals surface area contributed by atoms with Gasteiger partial charge in [0.05, 0.1) is 5.56 Å². The van der Waals surface area contributed by atoms with E-state index in [0.717, 1.165) is 59.3 Å². The van der Waals surface area contributed by atoms with E-state index in [2.05, 4.69) is 48.4 Å². The minimum atomic E-state index is 0.0447. The standard InChI is InChI=1S/C26H28N4O2/c1-26(2,3)18-10-13-22-21(14-18)29-25(32-22)20-15-27-30-23(20)16-8-11-19(12-9-16)28-24(31)17-6-4-5-7-17/h8-15,17H,4-7H2,1-3H3,(H,27,30)(H,28,31). The van der Waals surface area contributed by atoms with Crippen LogP contribution < -0.4 is 5.32 Å². The van der Waals surface area contributed by atoms with Crippen molar-refractivity contribution in [1.82, 2.24) is 15.2 Å². The number of hydrogen-bond acceptors (Lipinski definition) is 4. The summed E-state index contributed by atoms with van der Waals surface area (Å²) in [5, 5.41) is 10.4. The molecule has 6 nitrogen and oxygen atoms in total.